The maximum absolute atomic E-state index is 6.43. The van der Waals surface area contributed by atoms with Crippen molar-refractivity contribution in [2.24, 2.45) is 0 Å². The van der Waals surface area contributed by atoms with Gasteiger partial charge in [-0.25, -0.2) is 0 Å². The Bertz CT molecular complexity index is 1840. The van der Waals surface area contributed by atoms with Crippen LogP contribution in [0.1, 0.15) is 27.7 Å². The molecule has 0 aliphatic carbocycles. The van der Waals surface area contributed by atoms with Gasteiger partial charge in [-0.1, -0.05) is 66.7 Å². The molecule has 0 unspecified atom stereocenters. The van der Waals surface area contributed by atoms with Crippen LogP contribution in [0.3, 0.4) is 0 Å². The van der Waals surface area contributed by atoms with Crippen LogP contribution in [0.15, 0.2) is 116 Å². The van der Waals surface area contributed by atoms with Crippen LogP contribution >= 0.6 is 0 Å². The van der Waals surface area contributed by atoms with Crippen molar-refractivity contribution in [2.45, 2.75) is 38.9 Å². The summed E-state index contributed by atoms with van der Waals surface area (Å²) >= 11 is 0. The fraction of sp³-hybridized carbons (Fsp3) is 0.171. The zero-order valence-electron chi connectivity index (χ0n) is 23.3. The largest absolute Gasteiger partial charge is 0.494 e. The fourth-order valence-electron chi connectivity index (χ4n) is 5.61. The molecule has 196 valence electrons. The minimum Gasteiger partial charge on any atom is -0.399 e. The summed E-state index contributed by atoms with van der Waals surface area (Å²) in [6.45, 7) is 8.38. The lowest BCUT2D eigenvalue weighted by molar-refractivity contribution is 0.00578. The normalized spacial score (nSPS) is 16.1. The van der Waals surface area contributed by atoms with Crippen LogP contribution in [0.25, 0.3) is 49.7 Å². The first-order valence-corrected chi connectivity index (χ1v) is 13.8. The standard InChI is InChI=1S/C35H31BN2O2/c1-34(2)35(3,4)40-36(39-34)28-16-17-30-31-21-26(27-13-9-19-37-23-27)15-18-32(31)38(33(30)22-28)29-14-8-12-25(20-29)24-10-6-5-7-11-24/h5-23H,1-4H3. The summed E-state index contributed by atoms with van der Waals surface area (Å²) in [5.41, 5.74) is 8.23. The van der Waals surface area contributed by atoms with E-state index in [4.69, 9.17) is 9.31 Å². The van der Waals surface area contributed by atoms with E-state index < -0.39 is 18.3 Å². The molecule has 2 aromatic heterocycles. The van der Waals surface area contributed by atoms with Crippen molar-refractivity contribution in [1.29, 1.82) is 0 Å². The van der Waals surface area contributed by atoms with E-state index in [0.717, 1.165) is 33.3 Å². The highest BCUT2D eigenvalue weighted by molar-refractivity contribution is 6.62. The molecule has 4 nitrogen and oxygen atoms in total. The lowest BCUT2D eigenvalue weighted by Gasteiger charge is -2.32. The van der Waals surface area contributed by atoms with Gasteiger partial charge in [0.1, 0.15) is 0 Å². The summed E-state index contributed by atoms with van der Waals surface area (Å²) in [5, 5.41) is 2.38. The summed E-state index contributed by atoms with van der Waals surface area (Å²) in [6, 6.07) is 36.6. The van der Waals surface area contributed by atoms with Gasteiger partial charge in [0, 0.05) is 34.4 Å². The van der Waals surface area contributed by atoms with E-state index in [9.17, 15) is 0 Å². The molecule has 0 N–H and O–H groups in total. The summed E-state index contributed by atoms with van der Waals surface area (Å²) < 4.78 is 15.2. The maximum Gasteiger partial charge on any atom is 0.494 e. The number of pyridine rings is 1. The third-order valence-electron chi connectivity index (χ3n) is 8.52. The summed E-state index contributed by atoms with van der Waals surface area (Å²) in [5.74, 6) is 0. The van der Waals surface area contributed by atoms with Gasteiger partial charge in [0.05, 0.1) is 22.2 Å². The molecule has 0 saturated carbocycles. The highest BCUT2D eigenvalue weighted by atomic mass is 16.7. The molecule has 6 aromatic rings. The molecule has 0 atom stereocenters. The van der Waals surface area contributed by atoms with E-state index in [1.165, 1.54) is 21.9 Å². The second-order valence-electron chi connectivity index (χ2n) is 11.6. The maximum atomic E-state index is 6.43. The predicted octanol–water partition coefficient (Wildman–Crippen LogP) is 7.81. The van der Waals surface area contributed by atoms with E-state index in [2.05, 4.69) is 134 Å². The van der Waals surface area contributed by atoms with Gasteiger partial charge in [-0.2, -0.15) is 0 Å². The number of benzene rings is 4. The molecule has 40 heavy (non-hydrogen) atoms. The molecular formula is C35H31BN2O2. The van der Waals surface area contributed by atoms with Crippen molar-refractivity contribution < 1.29 is 9.31 Å². The molecule has 0 amide bonds. The van der Waals surface area contributed by atoms with Crippen molar-refractivity contribution in [1.82, 2.24) is 9.55 Å². The second-order valence-corrected chi connectivity index (χ2v) is 11.6. The Balaban J connectivity index is 1.45. The van der Waals surface area contributed by atoms with Gasteiger partial charge >= 0.3 is 7.12 Å². The first-order valence-electron chi connectivity index (χ1n) is 13.8. The lowest BCUT2D eigenvalue weighted by Crippen LogP contribution is -2.41. The average molecular weight is 522 g/mol. The van der Waals surface area contributed by atoms with Gasteiger partial charge < -0.3 is 13.9 Å². The number of aromatic nitrogens is 2. The Hall–Kier alpha value is -4.19. The highest BCUT2D eigenvalue weighted by Crippen LogP contribution is 2.38. The zero-order valence-corrected chi connectivity index (χ0v) is 23.3. The molecule has 7 rings (SSSR count). The Morgan fingerprint density at radius 1 is 0.600 bits per heavy atom. The molecule has 4 aromatic carbocycles. The van der Waals surface area contributed by atoms with E-state index in [1.807, 2.05) is 18.5 Å². The van der Waals surface area contributed by atoms with E-state index >= 15 is 0 Å². The van der Waals surface area contributed by atoms with Crippen molar-refractivity contribution in [2.75, 3.05) is 0 Å². The van der Waals surface area contributed by atoms with Gasteiger partial charge in [-0.15, -0.1) is 0 Å². The number of rotatable bonds is 4. The summed E-state index contributed by atoms with van der Waals surface area (Å²) in [6.07, 6.45) is 3.73. The Labute approximate surface area is 235 Å². The van der Waals surface area contributed by atoms with Gasteiger partial charge in [0.2, 0.25) is 0 Å². The van der Waals surface area contributed by atoms with Crippen molar-refractivity contribution >= 4 is 34.4 Å². The van der Waals surface area contributed by atoms with Gasteiger partial charge in [0.15, 0.2) is 0 Å². The van der Waals surface area contributed by atoms with Gasteiger partial charge in [-0.3, -0.25) is 4.98 Å². The van der Waals surface area contributed by atoms with Crippen molar-refractivity contribution in [3.63, 3.8) is 0 Å². The van der Waals surface area contributed by atoms with Crippen LogP contribution in [-0.4, -0.2) is 27.9 Å². The molecule has 1 fully saturated rings. The predicted molar refractivity (Wildman–Crippen MR) is 165 cm³/mol. The van der Waals surface area contributed by atoms with Crippen molar-refractivity contribution in [3.8, 4) is 27.9 Å². The van der Waals surface area contributed by atoms with E-state index in [0.29, 0.717) is 0 Å². The minimum absolute atomic E-state index is 0.401. The van der Waals surface area contributed by atoms with Crippen LogP contribution in [0.4, 0.5) is 0 Å². The number of hydrogen-bond acceptors (Lipinski definition) is 3. The Morgan fingerprint density at radius 2 is 1.32 bits per heavy atom. The number of fused-ring (bicyclic) bond motifs is 3. The summed E-state index contributed by atoms with van der Waals surface area (Å²) in [4.78, 5) is 4.34. The lowest BCUT2D eigenvalue weighted by atomic mass is 9.79. The van der Waals surface area contributed by atoms with Gasteiger partial charge in [-0.05, 0) is 86.2 Å². The first-order chi connectivity index (χ1) is 19.3. The zero-order chi connectivity index (χ0) is 27.5. The minimum atomic E-state index is -0.428. The van der Waals surface area contributed by atoms with Crippen LogP contribution in [0, 0.1) is 0 Å². The molecule has 5 heteroatoms. The summed E-state index contributed by atoms with van der Waals surface area (Å²) in [7, 11) is -0.428. The smallest absolute Gasteiger partial charge is 0.399 e. The third-order valence-corrected chi connectivity index (χ3v) is 8.52. The topological polar surface area (TPSA) is 36.3 Å². The molecular weight excluding hydrogens is 491 g/mol. The van der Waals surface area contributed by atoms with E-state index in [1.54, 1.807) is 0 Å². The Kier molecular flexibility index (Phi) is 5.70. The van der Waals surface area contributed by atoms with E-state index in [-0.39, 0.29) is 0 Å². The van der Waals surface area contributed by atoms with Gasteiger partial charge in [0.25, 0.3) is 0 Å². The van der Waals surface area contributed by atoms with Crippen LogP contribution < -0.4 is 5.46 Å². The number of hydrogen-bond donors (Lipinski definition) is 0. The molecule has 1 aliphatic rings. The quantitative estimate of drug-likeness (QED) is 0.222. The van der Waals surface area contributed by atoms with Crippen LogP contribution in [-0.2, 0) is 9.31 Å². The SMILES string of the molecule is CC1(C)OB(c2ccc3c4cc(-c5cccnc5)ccc4n(-c4cccc(-c5ccccc5)c4)c3c2)OC1(C)C. The Morgan fingerprint density at radius 3 is 2.08 bits per heavy atom. The molecule has 0 radical (unpaired) electrons. The monoisotopic (exact) mass is 522 g/mol. The molecule has 0 bridgehead atoms. The molecule has 3 heterocycles. The third kappa shape index (κ3) is 4.05. The van der Waals surface area contributed by atoms with Crippen LogP contribution in [0.5, 0.6) is 0 Å². The average Bonchev–Trinajstić information content (AvgIpc) is 3.42. The molecule has 1 aliphatic heterocycles. The second kappa shape index (κ2) is 9.19. The van der Waals surface area contributed by atoms with Crippen LogP contribution in [0.2, 0.25) is 0 Å². The highest BCUT2D eigenvalue weighted by Gasteiger charge is 2.51. The first kappa shape index (κ1) is 24.8. The molecule has 0 spiro atoms. The molecule has 1 saturated heterocycles. The fourth-order valence-corrected chi connectivity index (χ4v) is 5.61. The van der Waals surface area contributed by atoms with Crippen molar-refractivity contribution in [3.05, 3.63) is 116 Å². The number of nitrogens with zero attached hydrogens (tertiary/aromatic N) is 2.